The van der Waals surface area contributed by atoms with E-state index in [1.807, 2.05) is 0 Å². The van der Waals surface area contributed by atoms with Gasteiger partial charge in [0.15, 0.2) is 15.7 Å². The average Bonchev–Trinajstić information content (AvgIpc) is 3.30. The minimum absolute atomic E-state index is 0.0229. The maximum Gasteiger partial charge on any atom is 0.213 e. The summed E-state index contributed by atoms with van der Waals surface area (Å²) in [5.41, 5.74) is 1.81. The number of sulfone groups is 1. The minimum atomic E-state index is -3.26. The summed E-state index contributed by atoms with van der Waals surface area (Å²) in [6, 6.07) is 9.94. The fourth-order valence-electron chi connectivity index (χ4n) is 3.78. The van der Waals surface area contributed by atoms with Gasteiger partial charge in [-0.2, -0.15) is 4.98 Å². The number of ketones is 1. The number of carbonyl (C=O) groups is 1. The first kappa shape index (κ1) is 22.0. The zero-order valence-corrected chi connectivity index (χ0v) is 19.1. The molecular formula is C22H20Cl2N2O4S. The van der Waals surface area contributed by atoms with Crippen molar-refractivity contribution >= 4 is 38.8 Å². The lowest BCUT2D eigenvalue weighted by atomic mass is 9.92. The number of benzene rings is 2. The van der Waals surface area contributed by atoms with Crippen molar-refractivity contribution in [2.45, 2.75) is 42.9 Å². The first-order valence-electron chi connectivity index (χ1n) is 9.84. The van der Waals surface area contributed by atoms with Gasteiger partial charge in [-0.25, -0.2) is 8.42 Å². The first-order chi connectivity index (χ1) is 14.7. The van der Waals surface area contributed by atoms with Gasteiger partial charge < -0.3 is 4.52 Å². The summed E-state index contributed by atoms with van der Waals surface area (Å²) in [7, 11) is -3.26. The lowest BCUT2D eigenvalue weighted by Gasteiger charge is -2.16. The Morgan fingerprint density at radius 1 is 1.06 bits per heavy atom. The molecule has 1 aliphatic carbocycles. The molecule has 0 aliphatic heterocycles. The molecule has 9 heteroatoms. The van der Waals surface area contributed by atoms with E-state index >= 15 is 0 Å². The van der Waals surface area contributed by atoms with Gasteiger partial charge in [-0.3, -0.25) is 4.79 Å². The summed E-state index contributed by atoms with van der Waals surface area (Å²) in [5.74, 6) is 0.579. The molecule has 0 saturated heterocycles. The molecule has 1 aromatic heterocycles. The van der Waals surface area contributed by atoms with E-state index < -0.39 is 15.3 Å². The van der Waals surface area contributed by atoms with Gasteiger partial charge in [0.05, 0.1) is 16.1 Å². The summed E-state index contributed by atoms with van der Waals surface area (Å²) in [6.45, 7) is 1.60. The Morgan fingerprint density at radius 3 is 2.19 bits per heavy atom. The zero-order valence-electron chi connectivity index (χ0n) is 16.8. The monoisotopic (exact) mass is 478 g/mol. The molecule has 4 rings (SSSR count). The maximum absolute atomic E-state index is 12.6. The second-order valence-corrected chi connectivity index (χ2v) is 10.8. The number of hydrogen-bond donors (Lipinski definition) is 0. The van der Waals surface area contributed by atoms with Gasteiger partial charge in [0, 0.05) is 28.5 Å². The largest absolute Gasteiger partial charge is 0.343 e. The highest BCUT2D eigenvalue weighted by Gasteiger charge is 2.52. The fourth-order valence-corrected chi connectivity index (χ4v) is 5.55. The molecule has 0 radical (unpaired) electrons. The second-order valence-electron chi connectivity index (χ2n) is 7.71. The van der Waals surface area contributed by atoms with Crippen LogP contribution in [0.3, 0.4) is 0 Å². The normalized spacial score (nSPS) is 15.1. The van der Waals surface area contributed by atoms with Gasteiger partial charge in [-0.1, -0.05) is 47.4 Å². The van der Waals surface area contributed by atoms with E-state index in [1.165, 1.54) is 18.5 Å². The Kier molecular flexibility index (Phi) is 5.94. The van der Waals surface area contributed by atoms with Crippen molar-refractivity contribution in [1.82, 2.24) is 10.1 Å². The number of nitrogens with zero attached hydrogens (tertiary/aromatic N) is 2. The van der Waals surface area contributed by atoms with Crippen LogP contribution in [0.25, 0.3) is 0 Å². The highest BCUT2D eigenvalue weighted by Crippen LogP contribution is 2.56. The molecule has 6 nitrogen and oxygen atoms in total. The average molecular weight is 479 g/mol. The number of halogens is 2. The smallest absolute Gasteiger partial charge is 0.213 e. The van der Waals surface area contributed by atoms with E-state index in [-0.39, 0.29) is 29.3 Å². The van der Waals surface area contributed by atoms with Crippen LogP contribution in [0.2, 0.25) is 10.0 Å². The number of Topliss-reactive ketones (excluding diaryl/α,β-unsaturated/α-hetero) is 1. The lowest BCUT2D eigenvalue weighted by molar-refractivity contribution is -0.117. The zero-order chi connectivity index (χ0) is 22.2. The van der Waals surface area contributed by atoms with Crippen LogP contribution in [0.1, 0.15) is 42.3 Å². The summed E-state index contributed by atoms with van der Waals surface area (Å²) in [4.78, 5) is 17.0. The molecule has 162 valence electrons. The Balaban J connectivity index is 1.48. The number of carbonyl (C=O) groups excluding carboxylic acids is 1. The van der Waals surface area contributed by atoms with Crippen LogP contribution in [-0.4, -0.2) is 30.1 Å². The van der Waals surface area contributed by atoms with Crippen molar-refractivity contribution in [3.63, 3.8) is 0 Å². The molecule has 0 amide bonds. The molecule has 2 aromatic carbocycles. The van der Waals surface area contributed by atoms with Crippen molar-refractivity contribution in [3.8, 4) is 0 Å². The topological polar surface area (TPSA) is 90.1 Å². The second kappa shape index (κ2) is 8.37. The summed E-state index contributed by atoms with van der Waals surface area (Å²) >= 11 is 13.1. The Morgan fingerprint density at radius 2 is 1.68 bits per heavy atom. The third kappa shape index (κ3) is 4.40. The first-order valence-corrected chi connectivity index (χ1v) is 12.2. The summed E-state index contributed by atoms with van der Waals surface area (Å²) in [6.07, 6.45) is 3.30. The molecule has 0 N–H and O–H groups in total. The van der Waals surface area contributed by atoms with Crippen LogP contribution in [0.15, 0.2) is 52.2 Å². The summed E-state index contributed by atoms with van der Waals surface area (Å²) < 4.78 is 28.7. The van der Waals surface area contributed by atoms with Crippen molar-refractivity contribution in [2.75, 3.05) is 5.75 Å². The van der Waals surface area contributed by atoms with Gasteiger partial charge >= 0.3 is 0 Å². The molecule has 0 spiro atoms. The van der Waals surface area contributed by atoms with Crippen molar-refractivity contribution in [2.24, 2.45) is 0 Å². The third-order valence-electron chi connectivity index (χ3n) is 5.58. The van der Waals surface area contributed by atoms with E-state index in [0.29, 0.717) is 15.9 Å². The third-order valence-corrected chi connectivity index (χ3v) is 7.93. The van der Waals surface area contributed by atoms with Crippen molar-refractivity contribution in [3.05, 3.63) is 75.4 Å². The molecule has 1 fully saturated rings. The van der Waals surface area contributed by atoms with Crippen LogP contribution < -0.4 is 0 Å². The Bertz CT molecular complexity index is 1200. The lowest BCUT2D eigenvalue weighted by Crippen LogP contribution is -2.13. The van der Waals surface area contributed by atoms with E-state index in [4.69, 9.17) is 27.7 Å². The molecular weight excluding hydrogens is 459 g/mol. The molecule has 0 bridgehead atoms. The highest BCUT2D eigenvalue weighted by atomic mass is 35.5. The molecule has 1 saturated carbocycles. The quantitative estimate of drug-likeness (QED) is 0.469. The van der Waals surface area contributed by atoms with Gasteiger partial charge in [0.2, 0.25) is 6.39 Å². The van der Waals surface area contributed by atoms with Crippen LogP contribution in [0.4, 0.5) is 0 Å². The number of hydrogen-bond acceptors (Lipinski definition) is 6. The van der Waals surface area contributed by atoms with E-state index in [0.717, 1.165) is 29.5 Å². The van der Waals surface area contributed by atoms with Crippen LogP contribution in [-0.2, 0) is 32.9 Å². The summed E-state index contributed by atoms with van der Waals surface area (Å²) in [5, 5.41) is 4.92. The van der Waals surface area contributed by atoms with Crippen molar-refractivity contribution < 1.29 is 17.7 Å². The van der Waals surface area contributed by atoms with Crippen molar-refractivity contribution in [1.29, 1.82) is 0 Å². The fraction of sp³-hybridized carbons (Fsp3) is 0.318. The van der Waals surface area contributed by atoms with Crippen LogP contribution >= 0.6 is 23.2 Å². The highest BCUT2D eigenvalue weighted by molar-refractivity contribution is 7.91. The predicted molar refractivity (Wildman–Crippen MR) is 117 cm³/mol. The standard InChI is InChI=1S/C22H20Cl2N2O4S/c1-2-31(28,29)17-5-3-14(4-6-17)9-16(27)10-15-11-18(23)20(19(24)12-15)22(7-8-22)21-25-13-30-26-21/h3-6,11-13H,2,7-10H2,1H3. The number of rotatable bonds is 8. The van der Waals surface area contributed by atoms with Gasteiger partial charge in [-0.05, 0) is 48.2 Å². The SMILES string of the molecule is CCS(=O)(=O)c1ccc(CC(=O)Cc2cc(Cl)c(C3(c4ncon4)CC3)c(Cl)c2)cc1. The number of aromatic nitrogens is 2. The van der Waals surface area contributed by atoms with E-state index in [1.54, 1.807) is 31.2 Å². The van der Waals surface area contributed by atoms with Crippen LogP contribution in [0, 0.1) is 0 Å². The molecule has 3 aromatic rings. The molecule has 1 heterocycles. The molecule has 0 unspecified atom stereocenters. The van der Waals surface area contributed by atoms with Gasteiger partial charge in [0.1, 0.15) is 5.78 Å². The Hall–Kier alpha value is -2.22. The maximum atomic E-state index is 12.6. The molecule has 1 aliphatic rings. The Labute approximate surface area is 190 Å². The van der Waals surface area contributed by atoms with Crippen LogP contribution in [0.5, 0.6) is 0 Å². The van der Waals surface area contributed by atoms with Gasteiger partial charge in [0.25, 0.3) is 0 Å². The van der Waals surface area contributed by atoms with E-state index in [2.05, 4.69) is 10.1 Å². The van der Waals surface area contributed by atoms with Gasteiger partial charge in [-0.15, -0.1) is 0 Å². The molecule has 0 atom stereocenters. The predicted octanol–water partition coefficient (Wildman–Crippen LogP) is 4.60. The van der Waals surface area contributed by atoms with E-state index in [9.17, 15) is 13.2 Å². The molecule has 31 heavy (non-hydrogen) atoms. The minimum Gasteiger partial charge on any atom is -0.343 e.